The zero-order valence-corrected chi connectivity index (χ0v) is 13.2. The van der Waals surface area contributed by atoms with Gasteiger partial charge in [0.1, 0.15) is 0 Å². The number of carbonyl (C=O) groups is 2. The first-order valence-corrected chi connectivity index (χ1v) is 7.58. The summed E-state index contributed by atoms with van der Waals surface area (Å²) >= 11 is 1.43. The van der Waals surface area contributed by atoms with Crippen LogP contribution in [0.2, 0.25) is 0 Å². The smallest absolute Gasteiger partial charge is 0.321 e. The molecule has 0 heterocycles. The van der Waals surface area contributed by atoms with Crippen LogP contribution >= 0.6 is 11.8 Å². The summed E-state index contributed by atoms with van der Waals surface area (Å²) < 4.78 is 0. The molecule has 0 saturated carbocycles. The summed E-state index contributed by atoms with van der Waals surface area (Å²) in [6.07, 6.45) is 0. The summed E-state index contributed by atoms with van der Waals surface area (Å²) in [5.41, 5.74) is 1.18. The Balaban J connectivity index is 2.42. The van der Waals surface area contributed by atoms with Crippen molar-refractivity contribution >= 4 is 23.7 Å². The third-order valence-electron chi connectivity index (χ3n) is 2.61. The number of hydrogen-bond acceptors (Lipinski definition) is 3. The average Bonchev–Trinajstić information content (AvgIpc) is 2.39. The van der Waals surface area contributed by atoms with Crippen LogP contribution in [0.1, 0.15) is 26.3 Å². The fraction of sp³-hybridized carbons (Fsp3) is 0.467. The first kappa shape index (κ1) is 16.6. The molecule has 0 saturated heterocycles. The number of amides is 3. The Kier molecular flexibility index (Phi) is 6.58. The van der Waals surface area contributed by atoms with Crippen LogP contribution in [0, 0.1) is 12.8 Å². The molecule has 110 valence electrons. The monoisotopic (exact) mass is 294 g/mol. The highest BCUT2D eigenvalue weighted by molar-refractivity contribution is 8.00. The number of urea groups is 1. The Morgan fingerprint density at radius 2 is 1.75 bits per heavy atom. The van der Waals surface area contributed by atoms with E-state index in [9.17, 15) is 9.59 Å². The summed E-state index contributed by atoms with van der Waals surface area (Å²) in [6.45, 7) is 8.35. The molecule has 0 radical (unpaired) electrons. The number of hydrogen-bond donors (Lipinski definition) is 2. The van der Waals surface area contributed by atoms with E-state index in [1.807, 2.05) is 45.0 Å². The molecular formula is C15H22N2O2S. The molecule has 3 amide bonds. The Morgan fingerprint density at radius 1 is 1.15 bits per heavy atom. The van der Waals surface area contributed by atoms with E-state index in [1.165, 1.54) is 17.3 Å². The second kappa shape index (κ2) is 7.94. The van der Waals surface area contributed by atoms with E-state index >= 15 is 0 Å². The largest absolute Gasteiger partial charge is 0.338 e. The van der Waals surface area contributed by atoms with Crippen LogP contribution in [-0.2, 0) is 4.79 Å². The maximum absolute atomic E-state index is 11.9. The van der Waals surface area contributed by atoms with Gasteiger partial charge in [-0.05, 0) is 31.9 Å². The van der Waals surface area contributed by atoms with E-state index in [4.69, 9.17) is 0 Å². The molecule has 0 aliphatic heterocycles. The Morgan fingerprint density at radius 3 is 2.30 bits per heavy atom. The van der Waals surface area contributed by atoms with E-state index in [1.54, 1.807) is 6.92 Å². The van der Waals surface area contributed by atoms with Crippen molar-refractivity contribution in [3.05, 3.63) is 29.8 Å². The van der Waals surface area contributed by atoms with Crippen molar-refractivity contribution in [2.45, 2.75) is 37.8 Å². The number of nitrogens with one attached hydrogen (secondary N) is 2. The molecule has 1 aromatic carbocycles. The van der Waals surface area contributed by atoms with Crippen LogP contribution in [-0.4, -0.2) is 23.7 Å². The van der Waals surface area contributed by atoms with Gasteiger partial charge in [-0.2, -0.15) is 0 Å². The summed E-state index contributed by atoms with van der Waals surface area (Å²) in [5, 5.41) is 4.70. The Labute approximate surface area is 124 Å². The highest BCUT2D eigenvalue weighted by Crippen LogP contribution is 2.23. The van der Waals surface area contributed by atoms with Gasteiger partial charge in [0, 0.05) is 11.4 Å². The third-order valence-corrected chi connectivity index (χ3v) is 3.72. The topological polar surface area (TPSA) is 58.2 Å². The quantitative estimate of drug-likeness (QED) is 0.821. The van der Waals surface area contributed by atoms with E-state index in [-0.39, 0.29) is 11.2 Å². The van der Waals surface area contributed by atoms with Crippen LogP contribution in [0.5, 0.6) is 0 Å². The van der Waals surface area contributed by atoms with Gasteiger partial charge in [0.25, 0.3) is 0 Å². The minimum atomic E-state index is -0.431. The van der Waals surface area contributed by atoms with Crippen molar-refractivity contribution in [2.24, 2.45) is 5.92 Å². The molecule has 0 aliphatic rings. The molecule has 0 aromatic heterocycles. The average molecular weight is 294 g/mol. The predicted octanol–water partition coefficient (Wildman–Crippen LogP) is 2.96. The van der Waals surface area contributed by atoms with E-state index in [2.05, 4.69) is 10.6 Å². The van der Waals surface area contributed by atoms with Gasteiger partial charge in [-0.25, -0.2) is 4.79 Å². The van der Waals surface area contributed by atoms with Crippen LogP contribution in [0.3, 0.4) is 0 Å². The normalized spacial score (nSPS) is 12.1. The molecule has 2 N–H and O–H groups in total. The van der Waals surface area contributed by atoms with E-state index < -0.39 is 6.03 Å². The van der Waals surface area contributed by atoms with E-state index in [0.717, 1.165) is 4.90 Å². The van der Waals surface area contributed by atoms with Gasteiger partial charge in [0.15, 0.2) is 0 Å². The van der Waals surface area contributed by atoms with Crippen molar-refractivity contribution in [3.63, 3.8) is 0 Å². The zero-order chi connectivity index (χ0) is 15.1. The Bertz CT molecular complexity index is 457. The molecule has 1 atom stereocenters. The number of benzene rings is 1. The van der Waals surface area contributed by atoms with Gasteiger partial charge < -0.3 is 5.32 Å². The molecule has 1 aromatic rings. The number of rotatable bonds is 5. The highest BCUT2D eigenvalue weighted by Gasteiger charge is 2.16. The van der Waals surface area contributed by atoms with Crippen molar-refractivity contribution < 1.29 is 9.59 Å². The zero-order valence-electron chi connectivity index (χ0n) is 12.4. The van der Waals surface area contributed by atoms with Gasteiger partial charge in [-0.15, -0.1) is 11.8 Å². The minimum Gasteiger partial charge on any atom is -0.338 e. The number of aryl methyl sites for hydroxylation is 1. The molecule has 0 fully saturated rings. The molecule has 0 spiro atoms. The van der Waals surface area contributed by atoms with Crippen molar-refractivity contribution in [2.75, 3.05) is 6.54 Å². The lowest BCUT2D eigenvalue weighted by atomic mass is 10.2. The van der Waals surface area contributed by atoms with Gasteiger partial charge in [-0.3, -0.25) is 10.1 Å². The second-order valence-electron chi connectivity index (χ2n) is 5.17. The molecule has 20 heavy (non-hydrogen) atoms. The van der Waals surface area contributed by atoms with Gasteiger partial charge in [-0.1, -0.05) is 31.5 Å². The summed E-state index contributed by atoms with van der Waals surface area (Å²) in [5.74, 6) is 0.0760. The number of thioether (sulfide) groups is 1. The standard InChI is InChI=1S/C15H22N2O2S/c1-10(2)9-16-15(19)17-14(18)12(4)20-13-7-5-11(3)6-8-13/h5-8,10,12H,9H2,1-4H3,(H2,16,17,18,19). The lowest BCUT2D eigenvalue weighted by Crippen LogP contribution is -2.43. The fourth-order valence-corrected chi connectivity index (χ4v) is 2.30. The lowest BCUT2D eigenvalue weighted by molar-refractivity contribution is -0.119. The van der Waals surface area contributed by atoms with Crippen LogP contribution in [0.25, 0.3) is 0 Å². The van der Waals surface area contributed by atoms with Crippen LogP contribution in [0.4, 0.5) is 4.79 Å². The molecule has 4 nitrogen and oxygen atoms in total. The first-order chi connectivity index (χ1) is 9.38. The molecular weight excluding hydrogens is 272 g/mol. The summed E-state index contributed by atoms with van der Waals surface area (Å²) in [7, 11) is 0. The van der Waals surface area contributed by atoms with Gasteiger partial charge in [0.2, 0.25) is 5.91 Å². The van der Waals surface area contributed by atoms with Crippen LogP contribution < -0.4 is 10.6 Å². The maximum atomic E-state index is 11.9. The molecule has 0 bridgehead atoms. The maximum Gasteiger partial charge on any atom is 0.321 e. The van der Waals surface area contributed by atoms with Crippen molar-refractivity contribution in [1.29, 1.82) is 0 Å². The lowest BCUT2D eigenvalue weighted by Gasteiger charge is -2.12. The molecule has 1 rings (SSSR count). The van der Waals surface area contributed by atoms with Crippen molar-refractivity contribution in [3.8, 4) is 0 Å². The molecule has 5 heteroatoms. The molecule has 0 aliphatic carbocycles. The second-order valence-corrected chi connectivity index (χ2v) is 6.58. The van der Waals surface area contributed by atoms with Crippen molar-refractivity contribution in [1.82, 2.24) is 10.6 Å². The number of imide groups is 1. The summed E-state index contributed by atoms with van der Waals surface area (Å²) in [6, 6.07) is 7.52. The van der Waals surface area contributed by atoms with Crippen LogP contribution in [0.15, 0.2) is 29.2 Å². The fourth-order valence-electron chi connectivity index (χ4n) is 1.43. The Hall–Kier alpha value is -1.49. The van der Waals surface area contributed by atoms with E-state index in [0.29, 0.717) is 12.5 Å². The van der Waals surface area contributed by atoms with Gasteiger partial charge in [0.05, 0.1) is 5.25 Å². The summed E-state index contributed by atoms with van der Waals surface area (Å²) in [4.78, 5) is 24.4. The third kappa shape index (κ3) is 6.10. The minimum absolute atomic E-state index is 0.281. The predicted molar refractivity (Wildman–Crippen MR) is 82.9 cm³/mol. The first-order valence-electron chi connectivity index (χ1n) is 6.70. The van der Waals surface area contributed by atoms with Gasteiger partial charge >= 0.3 is 6.03 Å². The number of carbonyl (C=O) groups excluding carboxylic acids is 2. The SMILES string of the molecule is Cc1ccc(SC(C)C(=O)NC(=O)NCC(C)C)cc1. The highest BCUT2D eigenvalue weighted by atomic mass is 32.2. The molecule has 1 unspecified atom stereocenters.